The van der Waals surface area contributed by atoms with Gasteiger partial charge in [-0.1, -0.05) is 29.8 Å². The van der Waals surface area contributed by atoms with Crippen molar-refractivity contribution in [2.45, 2.75) is 19.8 Å². The normalized spacial score (nSPS) is 14.0. The molecule has 29 heavy (non-hydrogen) atoms. The smallest absolute Gasteiger partial charge is 0.167 e. The van der Waals surface area contributed by atoms with Crippen LogP contribution >= 0.6 is 0 Å². The first-order chi connectivity index (χ1) is 14.1. The van der Waals surface area contributed by atoms with Gasteiger partial charge in [-0.2, -0.15) is 0 Å². The van der Waals surface area contributed by atoms with Crippen LogP contribution in [0.25, 0.3) is 28.2 Å². The molecule has 1 saturated heterocycles. The van der Waals surface area contributed by atoms with Gasteiger partial charge in [0.15, 0.2) is 5.65 Å². The van der Waals surface area contributed by atoms with Crippen molar-refractivity contribution in [3.63, 3.8) is 0 Å². The number of rotatable bonds is 2. The molecule has 1 aliphatic rings. The van der Waals surface area contributed by atoms with Crippen LogP contribution in [-0.4, -0.2) is 44.6 Å². The Morgan fingerprint density at radius 1 is 0.862 bits per heavy atom. The molecule has 4 aromatic rings. The molecule has 0 unspecified atom stereocenters. The number of anilines is 1. The first kappa shape index (κ1) is 19.1. The van der Waals surface area contributed by atoms with Gasteiger partial charge >= 0.3 is 0 Å². The molecule has 5 rings (SSSR count). The first-order valence-corrected chi connectivity index (χ1v) is 9.93. The summed E-state index contributed by atoms with van der Waals surface area (Å²) in [6.07, 6.45) is 6.34. The van der Waals surface area contributed by atoms with E-state index in [0.29, 0.717) is 5.82 Å². The van der Waals surface area contributed by atoms with Crippen LogP contribution in [-0.2, 0) is 0 Å². The minimum Gasteiger partial charge on any atom is -0.384 e. The van der Waals surface area contributed by atoms with Crippen molar-refractivity contribution in [2.24, 2.45) is 0 Å². The number of nitrogens with two attached hydrogens (primary N) is 1. The average molecular weight is 387 g/mol. The topological polar surface area (TPSA) is 72.9 Å². The molecular weight excluding hydrogens is 360 g/mol. The summed E-state index contributed by atoms with van der Waals surface area (Å²) in [4.78, 5) is 15.7. The van der Waals surface area contributed by atoms with Gasteiger partial charge in [0, 0.05) is 18.0 Å². The van der Waals surface area contributed by atoms with Crippen LogP contribution in [0.4, 0.5) is 5.82 Å². The Morgan fingerprint density at radius 3 is 2.17 bits per heavy atom. The van der Waals surface area contributed by atoms with Gasteiger partial charge in [0.1, 0.15) is 17.2 Å². The summed E-state index contributed by atoms with van der Waals surface area (Å²) in [5, 5.41) is 0. The minimum absolute atomic E-state index is 0.475. The van der Waals surface area contributed by atoms with E-state index < -0.39 is 0 Å². The number of nitrogens with zero attached hydrogens (tertiary/aromatic N) is 5. The molecular formula is C23H26N6. The van der Waals surface area contributed by atoms with Crippen LogP contribution in [0.15, 0.2) is 60.9 Å². The lowest BCUT2D eigenvalue weighted by Crippen LogP contribution is -2.10. The van der Waals surface area contributed by atoms with Gasteiger partial charge in [-0.25, -0.2) is 9.97 Å². The molecule has 0 aliphatic carbocycles. The zero-order valence-corrected chi connectivity index (χ0v) is 16.9. The van der Waals surface area contributed by atoms with E-state index in [-0.39, 0.29) is 0 Å². The number of benzene rings is 1. The number of aryl methyl sites for hydroxylation is 1. The standard InChI is InChI=1S/C18H15N5.C5H11N/c1-12-2-4-13(5-3-12)17-21-15-6-7-16(19)22-18(15)23(17)14-8-10-20-11-9-14;1-6-4-2-3-5-6/h2-11H,1H3,(H2,19,22);2-5H2,1H3. The number of pyridine rings is 2. The zero-order chi connectivity index (χ0) is 20.2. The molecule has 148 valence electrons. The molecule has 0 radical (unpaired) electrons. The van der Waals surface area contributed by atoms with Crippen molar-refractivity contribution in [2.75, 3.05) is 25.9 Å². The summed E-state index contributed by atoms with van der Waals surface area (Å²) in [6, 6.07) is 15.8. The van der Waals surface area contributed by atoms with Gasteiger partial charge < -0.3 is 10.6 Å². The maximum Gasteiger partial charge on any atom is 0.167 e. The molecule has 0 bridgehead atoms. The Bertz CT molecular complexity index is 1080. The van der Waals surface area contributed by atoms with Crippen molar-refractivity contribution in [3.8, 4) is 17.1 Å². The fraction of sp³-hybridized carbons (Fsp3) is 0.261. The third-order valence-corrected chi connectivity index (χ3v) is 5.09. The summed E-state index contributed by atoms with van der Waals surface area (Å²) >= 11 is 0. The van der Waals surface area contributed by atoms with Gasteiger partial charge in [-0.15, -0.1) is 0 Å². The quantitative estimate of drug-likeness (QED) is 0.562. The Kier molecular flexibility index (Phi) is 5.53. The lowest BCUT2D eigenvalue weighted by atomic mass is 10.1. The molecule has 1 aliphatic heterocycles. The second-order valence-electron chi connectivity index (χ2n) is 7.43. The molecule has 3 aromatic heterocycles. The van der Waals surface area contributed by atoms with E-state index in [1.165, 1.54) is 31.5 Å². The Labute approximate surface area is 171 Å². The van der Waals surface area contributed by atoms with Crippen LogP contribution in [0.2, 0.25) is 0 Å². The number of hydrogen-bond donors (Lipinski definition) is 1. The molecule has 4 heterocycles. The highest BCUT2D eigenvalue weighted by atomic mass is 15.1. The Hall–Kier alpha value is -3.25. The molecule has 2 N–H and O–H groups in total. The minimum atomic E-state index is 0.475. The van der Waals surface area contributed by atoms with Crippen molar-refractivity contribution in [1.82, 2.24) is 24.4 Å². The average Bonchev–Trinajstić information content (AvgIpc) is 3.36. The molecule has 1 aromatic carbocycles. The zero-order valence-electron chi connectivity index (χ0n) is 16.9. The second kappa shape index (κ2) is 8.41. The lowest BCUT2D eigenvalue weighted by Gasteiger charge is -2.09. The number of imidazole rings is 1. The van der Waals surface area contributed by atoms with Crippen LogP contribution in [0, 0.1) is 6.92 Å². The van der Waals surface area contributed by atoms with E-state index >= 15 is 0 Å². The van der Waals surface area contributed by atoms with Gasteiger partial charge in [0.25, 0.3) is 0 Å². The van der Waals surface area contributed by atoms with Crippen molar-refractivity contribution >= 4 is 17.0 Å². The molecule has 0 saturated carbocycles. The number of hydrogen-bond acceptors (Lipinski definition) is 5. The van der Waals surface area contributed by atoms with Crippen LogP contribution in [0.5, 0.6) is 0 Å². The molecule has 6 nitrogen and oxygen atoms in total. The van der Waals surface area contributed by atoms with E-state index in [4.69, 9.17) is 10.7 Å². The third-order valence-electron chi connectivity index (χ3n) is 5.09. The monoisotopic (exact) mass is 386 g/mol. The number of nitrogen functional groups attached to an aromatic ring is 1. The summed E-state index contributed by atoms with van der Waals surface area (Å²) in [5.74, 6) is 1.31. The predicted molar refractivity (Wildman–Crippen MR) is 118 cm³/mol. The Morgan fingerprint density at radius 2 is 1.55 bits per heavy atom. The first-order valence-electron chi connectivity index (χ1n) is 9.93. The molecule has 0 spiro atoms. The third kappa shape index (κ3) is 4.27. The SMILES string of the molecule is CN1CCCC1.Cc1ccc(-c2nc3ccc(N)nc3n2-c2ccncc2)cc1. The second-order valence-corrected chi connectivity index (χ2v) is 7.43. The van der Waals surface area contributed by atoms with Crippen LogP contribution in [0.3, 0.4) is 0 Å². The molecule has 0 atom stereocenters. The van der Waals surface area contributed by atoms with Gasteiger partial charge in [-0.3, -0.25) is 9.55 Å². The summed E-state index contributed by atoms with van der Waals surface area (Å²) in [6.45, 7) is 4.71. The van der Waals surface area contributed by atoms with Crippen molar-refractivity contribution in [1.29, 1.82) is 0 Å². The van der Waals surface area contributed by atoms with Gasteiger partial charge in [0.05, 0.1) is 5.69 Å². The van der Waals surface area contributed by atoms with Gasteiger partial charge in [-0.05, 0) is 64.2 Å². The predicted octanol–water partition coefficient (Wildman–Crippen LogP) is 4.09. The highest BCUT2D eigenvalue weighted by Crippen LogP contribution is 2.28. The maximum absolute atomic E-state index is 5.87. The summed E-state index contributed by atoms with van der Waals surface area (Å²) in [7, 11) is 2.17. The fourth-order valence-electron chi connectivity index (χ4n) is 3.48. The fourth-order valence-corrected chi connectivity index (χ4v) is 3.48. The maximum atomic E-state index is 5.87. The van der Waals surface area contributed by atoms with Crippen LogP contribution < -0.4 is 5.73 Å². The van der Waals surface area contributed by atoms with E-state index in [2.05, 4.69) is 53.1 Å². The van der Waals surface area contributed by atoms with E-state index in [1.54, 1.807) is 18.5 Å². The summed E-state index contributed by atoms with van der Waals surface area (Å²) < 4.78 is 2.01. The number of aromatic nitrogens is 4. The van der Waals surface area contributed by atoms with Gasteiger partial charge in [0.2, 0.25) is 0 Å². The molecule has 1 fully saturated rings. The Balaban J connectivity index is 0.000000294. The molecule has 6 heteroatoms. The van der Waals surface area contributed by atoms with Crippen molar-refractivity contribution in [3.05, 3.63) is 66.5 Å². The number of likely N-dealkylation sites (tertiary alicyclic amines) is 1. The highest BCUT2D eigenvalue weighted by Gasteiger charge is 2.15. The van der Waals surface area contributed by atoms with E-state index in [0.717, 1.165) is 28.2 Å². The van der Waals surface area contributed by atoms with E-state index in [1.807, 2.05) is 22.8 Å². The van der Waals surface area contributed by atoms with Crippen molar-refractivity contribution < 1.29 is 0 Å². The summed E-state index contributed by atoms with van der Waals surface area (Å²) in [5.41, 5.74) is 10.6. The van der Waals surface area contributed by atoms with Crippen LogP contribution in [0.1, 0.15) is 18.4 Å². The lowest BCUT2D eigenvalue weighted by molar-refractivity contribution is 0.418. The largest absolute Gasteiger partial charge is 0.384 e. The van der Waals surface area contributed by atoms with E-state index in [9.17, 15) is 0 Å². The molecule has 0 amide bonds. The number of fused-ring (bicyclic) bond motifs is 1. The highest BCUT2D eigenvalue weighted by molar-refractivity contribution is 5.81.